The van der Waals surface area contributed by atoms with Crippen LogP contribution in [-0.4, -0.2) is 19.7 Å². The Bertz CT molecular complexity index is 292. The van der Waals surface area contributed by atoms with Crippen molar-refractivity contribution in [3.8, 4) is 0 Å². The van der Waals surface area contributed by atoms with Crippen LogP contribution in [0.5, 0.6) is 0 Å². The summed E-state index contributed by atoms with van der Waals surface area (Å²) in [6.07, 6.45) is 7.68. The zero-order valence-electron chi connectivity index (χ0n) is 8.99. The molecule has 1 saturated heterocycles. The fourth-order valence-electron chi connectivity index (χ4n) is 1.45. The van der Waals surface area contributed by atoms with Gasteiger partial charge in [0.15, 0.2) is 0 Å². The van der Waals surface area contributed by atoms with Crippen LogP contribution in [0.2, 0.25) is 0 Å². The van der Waals surface area contributed by atoms with Gasteiger partial charge in [0.2, 0.25) is 0 Å². The smallest absolute Gasteiger partial charge is 0.337 e. The molecular formula is C12H16O3. The van der Waals surface area contributed by atoms with Crippen molar-refractivity contribution in [1.82, 2.24) is 0 Å². The lowest BCUT2D eigenvalue weighted by atomic mass is 10.1. The molecule has 15 heavy (non-hydrogen) atoms. The first-order valence-corrected chi connectivity index (χ1v) is 5.00. The van der Waals surface area contributed by atoms with E-state index in [1.165, 1.54) is 7.11 Å². The van der Waals surface area contributed by atoms with Crippen LogP contribution in [0, 0.1) is 0 Å². The van der Waals surface area contributed by atoms with Gasteiger partial charge in [0.25, 0.3) is 0 Å². The van der Waals surface area contributed by atoms with E-state index in [2.05, 4.69) is 6.58 Å². The molecule has 3 nitrogen and oxygen atoms in total. The quantitative estimate of drug-likeness (QED) is 0.404. The van der Waals surface area contributed by atoms with Crippen LogP contribution >= 0.6 is 0 Å². The van der Waals surface area contributed by atoms with Crippen molar-refractivity contribution < 1.29 is 14.3 Å². The average molecular weight is 208 g/mol. The Labute approximate surface area is 90.1 Å². The summed E-state index contributed by atoms with van der Waals surface area (Å²) in [6.45, 7) is 4.27. The first-order valence-electron chi connectivity index (χ1n) is 5.00. The van der Waals surface area contributed by atoms with Gasteiger partial charge in [-0.15, -0.1) is 0 Å². The molecule has 1 aliphatic heterocycles. The van der Waals surface area contributed by atoms with Gasteiger partial charge in [-0.05, 0) is 6.42 Å². The molecular weight excluding hydrogens is 192 g/mol. The lowest BCUT2D eigenvalue weighted by Gasteiger charge is -2.06. The van der Waals surface area contributed by atoms with Crippen LogP contribution in [0.15, 0.2) is 36.1 Å². The summed E-state index contributed by atoms with van der Waals surface area (Å²) in [5, 5.41) is 0. The summed E-state index contributed by atoms with van der Waals surface area (Å²) in [5.74, 6) is 0.469. The highest BCUT2D eigenvalue weighted by Crippen LogP contribution is 2.23. The van der Waals surface area contributed by atoms with Crippen LogP contribution in [0.25, 0.3) is 0 Å². The monoisotopic (exact) mass is 208 g/mol. The van der Waals surface area contributed by atoms with Crippen molar-refractivity contribution in [1.29, 1.82) is 0 Å². The molecule has 1 aliphatic rings. The summed E-state index contributed by atoms with van der Waals surface area (Å²) in [7, 11) is 1.38. The Kier molecular flexibility index (Phi) is 4.68. The zero-order valence-corrected chi connectivity index (χ0v) is 8.99. The number of methoxy groups -OCH3 is 1. The van der Waals surface area contributed by atoms with Crippen molar-refractivity contribution in [3.63, 3.8) is 0 Å². The molecule has 1 heterocycles. The second-order valence-corrected chi connectivity index (χ2v) is 3.21. The highest BCUT2D eigenvalue weighted by Gasteiger charge is 2.19. The topological polar surface area (TPSA) is 35.5 Å². The van der Waals surface area contributed by atoms with E-state index in [0.717, 1.165) is 18.6 Å². The Morgan fingerprint density at radius 3 is 3.00 bits per heavy atom. The van der Waals surface area contributed by atoms with Crippen molar-refractivity contribution in [2.45, 2.75) is 19.3 Å². The molecule has 0 spiro atoms. The molecule has 0 unspecified atom stereocenters. The minimum Gasteiger partial charge on any atom is -0.497 e. The van der Waals surface area contributed by atoms with Gasteiger partial charge in [-0.25, -0.2) is 4.79 Å². The third-order valence-corrected chi connectivity index (χ3v) is 2.19. The Hall–Kier alpha value is -1.51. The SMILES string of the molecule is C=C/C=C/C/C(C(=O)OC)=C1/CCCO1. The van der Waals surface area contributed by atoms with E-state index in [9.17, 15) is 4.79 Å². The van der Waals surface area contributed by atoms with Crippen molar-refractivity contribution in [3.05, 3.63) is 36.1 Å². The highest BCUT2D eigenvalue weighted by molar-refractivity contribution is 5.89. The van der Waals surface area contributed by atoms with E-state index in [1.807, 2.05) is 6.08 Å². The van der Waals surface area contributed by atoms with E-state index in [0.29, 0.717) is 18.6 Å². The maximum atomic E-state index is 11.5. The van der Waals surface area contributed by atoms with Crippen LogP contribution in [0.1, 0.15) is 19.3 Å². The van der Waals surface area contributed by atoms with E-state index >= 15 is 0 Å². The van der Waals surface area contributed by atoms with Gasteiger partial charge in [-0.1, -0.05) is 24.8 Å². The van der Waals surface area contributed by atoms with E-state index < -0.39 is 0 Å². The first-order chi connectivity index (χ1) is 7.29. The molecule has 0 bridgehead atoms. The fraction of sp³-hybridized carbons (Fsp3) is 0.417. The molecule has 0 atom stereocenters. The summed E-state index contributed by atoms with van der Waals surface area (Å²) in [4.78, 5) is 11.5. The lowest BCUT2D eigenvalue weighted by molar-refractivity contribution is -0.136. The van der Waals surface area contributed by atoms with Crippen LogP contribution < -0.4 is 0 Å². The number of allylic oxidation sites excluding steroid dienone is 4. The third kappa shape index (κ3) is 3.27. The average Bonchev–Trinajstić information content (AvgIpc) is 2.77. The maximum absolute atomic E-state index is 11.5. The highest BCUT2D eigenvalue weighted by atomic mass is 16.5. The molecule has 0 aromatic heterocycles. The first kappa shape index (κ1) is 11.6. The predicted octanol–water partition coefficient (Wildman–Crippen LogP) is 2.36. The molecule has 3 heteroatoms. The van der Waals surface area contributed by atoms with Gasteiger partial charge in [0.05, 0.1) is 19.3 Å². The molecule has 0 aromatic carbocycles. The molecule has 0 radical (unpaired) electrons. The molecule has 0 amide bonds. The molecule has 0 saturated carbocycles. The van der Waals surface area contributed by atoms with Gasteiger partial charge < -0.3 is 9.47 Å². The second-order valence-electron chi connectivity index (χ2n) is 3.21. The van der Waals surface area contributed by atoms with Gasteiger partial charge in [-0.3, -0.25) is 0 Å². The number of carbonyl (C=O) groups excluding carboxylic acids is 1. The predicted molar refractivity (Wildman–Crippen MR) is 58.2 cm³/mol. The maximum Gasteiger partial charge on any atom is 0.337 e. The minimum absolute atomic E-state index is 0.305. The summed E-state index contributed by atoms with van der Waals surface area (Å²) in [5.41, 5.74) is 0.619. The van der Waals surface area contributed by atoms with Crippen molar-refractivity contribution in [2.75, 3.05) is 13.7 Å². The molecule has 0 aliphatic carbocycles. The molecule has 1 fully saturated rings. The van der Waals surface area contributed by atoms with Gasteiger partial charge in [0, 0.05) is 12.8 Å². The third-order valence-electron chi connectivity index (χ3n) is 2.19. The fourth-order valence-corrected chi connectivity index (χ4v) is 1.45. The number of hydrogen-bond acceptors (Lipinski definition) is 3. The zero-order chi connectivity index (χ0) is 11.1. The minimum atomic E-state index is -0.305. The Morgan fingerprint density at radius 1 is 1.67 bits per heavy atom. The number of esters is 1. The van der Waals surface area contributed by atoms with E-state index in [-0.39, 0.29) is 5.97 Å². The molecule has 82 valence electrons. The number of carbonyl (C=O) groups is 1. The summed E-state index contributed by atoms with van der Waals surface area (Å²) < 4.78 is 10.1. The molecule has 0 N–H and O–H groups in total. The molecule has 0 aromatic rings. The Morgan fingerprint density at radius 2 is 2.47 bits per heavy atom. The summed E-state index contributed by atoms with van der Waals surface area (Å²) in [6, 6.07) is 0. The lowest BCUT2D eigenvalue weighted by Crippen LogP contribution is -2.07. The standard InChI is InChI=1S/C12H16O3/c1-3-4-5-7-10(12(13)14-2)11-8-6-9-15-11/h3-5H,1,6-9H2,2H3/b5-4+,11-10+. The largest absolute Gasteiger partial charge is 0.497 e. The van der Waals surface area contributed by atoms with Gasteiger partial charge in [-0.2, -0.15) is 0 Å². The van der Waals surface area contributed by atoms with Crippen molar-refractivity contribution in [2.24, 2.45) is 0 Å². The van der Waals surface area contributed by atoms with E-state index in [4.69, 9.17) is 9.47 Å². The number of hydrogen-bond donors (Lipinski definition) is 0. The van der Waals surface area contributed by atoms with Crippen LogP contribution in [-0.2, 0) is 14.3 Å². The van der Waals surface area contributed by atoms with Crippen LogP contribution in [0.4, 0.5) is 0 Å². The van der Waals surface area contributed by atoms with Gasteiger partial charge in [0.1, 0.15) is 5.76 Å². The number of ether oxygens (including phenoxy) is 2. The summed E-state index contributed by atoms with van der Waals surface area (Å²) >= 11 is 0. The second kappa shape index (κ2) is 6.06. The molecule has 1 rings (SSSR count). The van der Waals surface area contributed by atoms with Gasteiger partial charge >= 0.3 is 5.97 Å². The normalized spacial score (nSPS) is 18.7. The Balaban J connectivity index is 2.77. The van der Waals surface area contributed by atoms with E-state index in [1.54, 1.807) is 12.2 Å². The number of rotatable bonds is 4. The van der Waals surface area contributed by atoms with Crippen molar-refractivity contribution >= 4 is 5.97 Å². The van der Waals surface area contributed by atoms with Crippen LogP contribution in [0.3, 0.4) is 0 Å².